The van der Waals surface area contributed by atoms with Crippen molar-refractivity contribution in [1.29, 1.82) is 5.26 Å². The molecule has 62 valence electrons. The zero-order valence-corrected chi connectivity index (χ0v) is 8.08. The molecule has 5 heteroatoms. The van der Waals surface area contributed by atoms with Crippen LogP contribution in [0, 0.1) is 11.3 Å². The number of nitriles is 1. The molecular formula is C7H3Cl2NOS. The standard InChI is InChI=1S/C7H3Cl2NOS/c8-6-3-5(4-10)1-2-7(6)12(9)11/h1-3H. The molecule has 0 aliphatic carbocycles. The first-order valence-corrected chi connectivity index (χ1v) is 5.28. The van der Waals surface area contributed by atoms with Crippen LogP contribution < -0.4 is 0 Å². The molecule has 0 N–H and O–H groups in total. The van der Waals surface area contributed by atoms with Gasteiger partial charge < -0.3 is 0 Å². The third kappa shape index (κ3) is 1.98. The molecule has 1 aromatic carbocycles. The van der Waals surface area contributed by atoms with E-state index in [0.29, 0.717) is 10.5 Å². The predicted octanol–water partition coefficient (Wildman–Crippen LogP) is 2.47. The van der Waals surface area contributed by atoms with Crippen LogP contribution in [-0.2, 0) is 10.0 Å². The summed E-state index contributed by atoms with van der Waals surface area (Å²) in [6.45, 7) is 0. The van der Waals surface area contributed by atoms with Gasteiger partial charge in [-0.2, -0.15) is 5.26 Å². The van der Waals surface area contributed by atoms with E-state index < -0.39 is 10.0 Å². The van der Waals surface area contributed by atoms with Gasteiger partial charge in [0.2, 0.25) is 0 Å². The summed E-state index contributed by atoms with van der Waals surface area (Å²) in [7, 11) is 3.69. The van der Waals surface area contributed by atoms with E-state index in [0.717, 1.165) is 0 Å². The van der Waals surface area contributed by atoms with Gasteiger partial charge in [-0.1, -0.05) is 11.6 Å². The smallest absolute Gasteiger partial charge is 0.149 e. The topological polar surface area (TPSA) is 40.9 Å². The molecule has 1 aromatic rings. The van der Waals surface area contributed by atoms with E-state index in [1.165, 1.54) is 18.2 Å². The highest BCUT2D eigenvalue weighted by molar-refractivity contribution is 8.08. The van der Waals surface area contributed by atoms with E-state index >= 15 is 0 Å². The van der Waals surface area contributed by atoms with Crippen molar-refractivity contribution in [1.82, 2.24) is 0 Å². The molecule has 0 bridgehead atoms. The molecular weight excluding hydrogens is 217 g/mol. The van der Waals surface area contributed by atoms with Crippen LogP contribution in [0.15, 0.2) is 23.1 Å². The maximum Gasteiger partial charge on any atom is 0.149 e. The Hall–Kier alpha value is -0.560. The predicted molar refractivity (Wildman–Crippen MR) is 48.4 cm³/mol. The minimum Gasteiger partial charge on any atom is -0.237 e. The van der Waals surface area contributed by atoms with Gasteiger partial charge in [-0.25, -0.2) is 4.21 Å². The largest absolute Gasteiger partial charge is 0.237 e. The van der Waals surface area contributed by atoms with Gasteiger partial charge in [-0.3, -0.25) is 0 Å². The van der Waals surface area contributed by atoms with E-state index in [9.17, 15) is 4.21 Å². The van der Waals surface area contributed by atoms with Crippen LogP contribution in [0.5, 0.6) is 0 Å². The van der Waals surface area contributed by atoms with Gasteiger partial charge >= 0.3 is 0 Å². The van der Waals surface area contributed by atoms with E-state index in [1.807, 2.05) is 6.07 Å². The molecule has 12 heavy (non-hydrogen) atoms. The Bertz CT molecular complexity index is 372. The van der Waals surface area contributed by atoms with Gasteiger partial charge in [0.05, 0.1) is 21.6 Å². The maximum absolute atomic E-state index is 10.8. The van der Waals surface area contributed by atoms with Crippen LogP contribution in [0.2, 0.25) is 5.02 Å². The first kappa shape index (κ1) is 9.53. The lowest BCUT2D eigenvalue weighted by atomic mass is 10.2. The van der Waals surface area contributed by atoms with Gasteiger partial charge in [-0.05, 0) is 28.9 Å². The normalized spacial score (nSPS) is 12.1. The van der Waals surface area contributed by atoms with Crippen LogP contribution in [0.4, 0.5) is 0 Å². The maximum atomic E-state index is 10.8. The number of halogens is 2. The summed E-state index contributed by atoms with van der Waals surface area (Å²) in [5.41, 5.74) is 0.422. The molecule has 1 unspecified atom stereocenters. The minimum atomic E-state index is -1.62. The lowest BCUT2D eigenvalue weighted by molar-refractivity contribution is 0.691. The van der Waals surface area contributed by atoms with Crippen LogP contribution in [0.25, 0.3) is 0 Å². The highest BCUT2D eigenvalue weighted by atomic mass is 35.7. The van der Waals surface area contributed by atoms with Crippen molar-refractivity contribution in [2.75, 3.05) is 0 Å². The fourth-order valence-corrected chi connectivity index (χ4v) is 2.00. The van der Waals surface area contributed by atoms with Gasteiger partial charge in [0.15, 0.2) is 0 Å². The fourth-order valence-electron chi connectivity index (χ4n) is 0.701. The van der Waals surface area contributed by atoms with Crippen molar-refractivity contribution in [3.8, 4) is 6.07 Å². The molecule has 2 nitrogen and oxygen atoms in total. The third-order valence-corrected chi connectivity index (χ3v) is 2.86. The van der Waals surface area contributed by atoms with Crippen LogP contribution >= 0.6 is 22.3 Å². The molecule has 0 aliphatic heterocycles. The lowest BCUT2D eigenvalue weighted by Crippen LogP contribution is -1.84. The van der Waals surface area contributed by atoms with Crippen molar-refractivity contribution in [2.24, 2.45) is 0 Å². The SMILES string of the molecule is N#Cc1ccc(S(=O)Cl)c(Cl)c1. The van der Waals surface area contributed by atoms with E-state index in [-0.39, 0.29) is 5.02 Å². The Morgan fingerprint density at radius 3 is 2.58 bits per heavy atom. The molecule has 1 atom stereocenters. The Kier molecular flexibility index (Phi) is 3.10. The number of nitrogens with zero attached hydrogens (tertiary/aromatic N) is 1. The van der Waals surface area contributed by atoms with Crippen molar-refractivity contribution in [3.63, 3.8) is 0 Å². The molecule has 0 aromatic heterocycles. The third-order valence-electron chi connectivity index (χ3n) is 1.23. The van der Waals surface area contributed by atoms with Crippen molar-refractivity contribution >= 4 is 32.3 Å². The molecule has 0 amide bonds. The zero-order valence-electron chi connectivity index (χ0n) is 5.75. The van der Waals surface area contributed by atoms with Crippen LogP contribution in [0.1, 0.15) is 5.56 Å². The number of hydrogen-bond acceptors (Lipinski definition) is 2. The molecule has 0 saturated carbocycles. The number of rotatable bonds is 1. The van der Waals surface area contributed by atoms with Gasteiger partial charge in [0.1, 0.15) is 10.0 Å². The minimum absolute atomic E-state index is 0.252. The molecule has 1 rings (SSSR count). The Morgan fingerprint density at radius 1 is 1.50 bits per heavy atom. The van der Waals surface area contributed by atoms with Crippen molar-refractivity contribution in [2.45, 2.75) is 4.90 Å². The second-order valence-electron chi connectivity index (χ2n) is 1.98. The summed E-state index contributed by atoms with van der Waals surface area (Å²) in [5.74, 6) is 0. The summed E-state index contributed by atoms with van der Waals surface area (Å²) in [5, 5.41) is 8.73. The molecule has 0 aliphatic rings. The Labute approximate surface area is 81.7 Å². The number of benzene rings is 1. The molecule has 0 spiro atoms. The summed E-state index contributed by atoms with van der Waals surface area (Å²) in [4.78, 5) is 0.331. The number of hydrogen-bond donors (Lipinski definition) is 0. The van der Waals surface area contributed by atoms with Gasteiger partial charge in [-0.15, -0.1) is 0 Å². The Morgan fingerprint density at radius 2 is 2.17 bits per heavy atom. The summed E-state index contributed by atoms with van der Waals surface area (Å²) < 4.78 is 10.8. The first-order chi connectivity index (χ1) is 5.65. The van der Waals surface area contributed by atoms with Gasteiger partial charge in [0, 0.05) is 0 Å². The zero-order chi connectivity index (χ0) is 9.14. The quantitative estimate of drug-likeness (QED) is 0.682. The van der Waals surface area contributed by atoms with E-state index in [1.54, 1.807) is 0 Å². The van der Waals surface area contributed by atoms with Crippen LogP contribution in [-0.4, -0.2) is 4.21 Å². The highest BCUT2D eigenvalue weighted by Crippen LogP contribution is 2.22. The monoisotopic (exact) mass is 219 g/mol. The summed E-state index contributed by atoms with van der Waals surface area (Å²) in [6, 6.07) is 6.33. The molecule has 0 radical (unpaired) electrons. The van der Waals surface area contributed by atoms with Crippen LogP contribution in [0.3, 0.4) is 0 Å². The second-order valence-corrected chi connectivity index (χ2v) is 4.12. The molecule has 0 fully saturated rings. The van der Waals surface area contributed by atoms with Crippen molar-refractivity contribution in [3.05, 3.63) is 28.8 Å². The van der Waals surface area contributed by atoms with E-state index in [2.05, 4.69) is 0 Å². The molecule has 0 heterocycles. The second kappa shape index (κ2) is 3.90. The van der Waals surface area contributed by atoms with Gasteiger partial charge in [0.25, 0.3) is 0 Å². The molecule has 0 saturated heterocycles. The highest BCUT2D eigenvalue weighted by Gasteiger charge is 2.05. The average Bonchev–Trinajstić information content (AvgIpc) is 2.03. The average molecular weight is 220 g/mol. The van der Waals surface area contributed by atoms with Crippen molar-refractivity contribution < 1.29 is 4.21 Å². The first-order valence-electron chi connectivity index (χ1n) is 2.93. The summed E-state index contributed by atoms with van der Waals surface area (Å²) >= 11 is 5.67. The van der Waals surface area contributed by atoms with E-state index in [4.69, 9.17) is 27.5 Å². The lowest BCUT2D eigenvalue weighted by Gasteiger charge is -1.97. The fraction of sp³-hybridized carbons (Fsp3) is 0. The Balaban J connectivity index is 3.23. The summed E-state index contributed by atoms with van der Waals surface area (Å²) in [6.07, 6.45) is 0.